The maximum atomic E-state index is 12.4. The van der Waals surface area contributed by atoms with Crippen molar-refractivity contribution in [2.45, 2.75) is 46.1 Å². The van der Waals surface area contributed by atoms with E-state index in [9.17, 15) is 24.3 Å². The van der Waals surface area contributed by atoms with E-state index >= 15 is 0 Å². The van der Waals surface area contributed by atoms with E-state index in [0.717, 1.165) is 0 Å². The van der Waals surface area contributed by atoms with E-state index in [1.165, 1.54) is 13.0 Å². The molecule has 27 heavy (non-hydrogen) atoms. The van der Waals surface area contributed by atoms with Crippen molar-refractivity contribution in [2.24, 2.45) is 11.8 Å². The zero-order valence-electron chi connectivity index (χ0n) is 15.9. The number of carbonyl (C=O) groups is 4. The summed E-state index contributed by atoms with van der Waals surface area (Å²) in [6.45, 7) is 8.14. The first kappa shape index (κ1) is 22.4. The summed E-state index contributed by atoms with van der Waals surface area (Å²) < 4.78 is 15.2. The molecule has 1 aliphatic carbocycles. The van der Waals surface area contributed by atoms with E-state index in [1.807, 2.05) is 6.92 Å². The summed E-state index contributed by atoms with van der Waals surface area (Å²) in [6.07, 6.45) is 1.91. The quantitative estimate of drug-likeness (QED) is 0.279. The minimum Gasteiger partial charge on any atom is -0.478 e. The summed E-state index contributed by atoms with van der Waals surface area (Å²) >= 11 is 0. The van der Waals surface area contributed by atoms with Crippen LogP contribution in [0.5, 0.6) is 0 Å². The third-order valence-electron chi connectivity index (χ3n) is 4.19. The standard InChI is InChI=1S/C19H26O8/c1-5-12(4)27-19(24)14-7-6-13(16(20)21)10-15(14)18(23)26-9-8-25-17(22)11(2)3/h10,12,14-15H,2,5-9H2,1,3-4H3,(H,20,21). The maximum absolute atomic E-state index is 12.4. The fourth-order valence-corrected chi connectivity index (χ4v) is 2.45. The number of hydrogen-bond donors (Lipinski definition) is 1. The third-order valence-corrected chi connectivity index (χ3v) is 4.19. The van der Waals surface area contributed by atoms with Gasteiger partial charge in [-0.2, -0.15) is 0 Å². The number of esters is 3. The van der Waals surface area contributed by atoms with Crippen LogP contribution in [0.1, 0.15) is 40.0 Å². The molecular weight excluding hydrogens is 356 g/mol. The molecule has 0 fully saturated rings. The normalized spacial score (nSPS) is 20.0. The number of carbonyl (C=O) groups excluding carboxylic acids is 3. The van der Waals surface area contributed by atoms with Gasteiger partial charge in [-0.1, -0.05) is 19.6 Å². The molecule has 8 nitrogen and oxygen atoms in total. The van der Waals surface area contributed by atoms with Crippen molar-refractivity contribution in [1.29, 1.82) is 0 Å². The van der Waals surface area contributed by atoms with E-state index in [-0.39, 0.29) is 43.3 Å². The van der Waals surface area contributed by atoms with Crippen molar-refractivity contribution in [3.63, 3.8) is 0 Å². The van der Waals surface area contributed by atoms with Gasteiger partial charge in [-0.05, 0) is 33.1 Å². The zero-order valence-corrected chi connectivity index (χ0v) is 15.9. The van der Waals surface area contributed by atoms with Crippen LogP contribution in [0.25, 0.3) is 0 Å². The molecule has 3 atom stereocenters. The number of hydrogen-bond acceptors (Lipinski definition) is 7. The van der Waals surface area contributed by atoms with Gasteiger partial charge < -0.3 is 19.3 Å². The van der Waals surface area contributed by atoms with E-state index in [1.54, 1.807) is 6.92 Å². The molecule has 3 unspecified atom stereocenters. The fraction of sp³-hybridized carbons (Fsp3) is 0.579. The molecule has 1 N–H and O–H groups in total. The molecule has 0 bridgehead atoms. The monoisotopic (exact) mass is 382 g/mol. The Labute approximate surface area is 158 Å². The topological polar surface area (TPSA) is 116 Å². The van der Waals surface area contributed by atoms with E-state index in [4.69, 9.17) is 14.2 Å². The van der Waals surface area contributed by atoms with Crippen LogP contribution < -0.4 is 0 Å². The van der Waals surface area contributed by atoms with Gasteiger partial charge in [0.25, 0.3) is 0 Å². The van der Waals surface area contributed by atoms with Gasteiger partial charge in [0.1, 0.15) is 13.2 Å². The number of carboxylic acid groups (broad SMARTS) is 1. The van der Waals surface area contributed by atoms with E-state index < -0.39 is 35.7 Å². The van der Waals surface area contributed by atoms with E-state index in [2.05, 4.69) is 6.58 Å². The lowest BCUT2D eigenvalue weighted by Crippen LogP contribution is -2.36. The van der Waals surface area contributed by atoms with Gasteiger partial charge in [0, 0.05) is 11.1 Å². The number of aliphatic carboxylic acids is 1. The van der Waals surface area contributed by atoms with Gasteiger partial charge >= 0.3 is 23.9 Å². The second-order valence-electron chi connectivity index (χ2n) is 6.41. The molecule has 0 aromatic rings. The summed E-state index contributed by atoms with van der Waals surface area (Å²) in [7, 11) is 0. The first-order valence-electron chi connectivity index (χ1n) is 8.81. The second-order valence-corrected chi connectivity index (χ2v) is 6.41. The SMILES string of the molecule is C=C(C)C(=O)OCCOC(=O)C1C=C(C(=O)O)CCC1C(=O)OC(C)CC. The summed E-state index contributed by atoms with van der Waals surface area (Å²) in [5.74, 6) is -4.93. The molecule has 0 radical (unpaired) electrons. The van der Waals surface area contributed by atoms with Gasteiger partial charge in [0.2, 0.25) is 0 Å². The van der Waals surface area contributed by atoms with Crippen molar-refractivity contribution < 1.29 is 38.5 Å². The molecule has 1 aliphatic rings. The lowest BCUT2D eigenvalue weighted by molar-refractivity contribution is -0.163. The minimum absolute atomic E-state index is 0.0539. The highest BCUT2D eigenvalue weighted by atomic mass is 16.6. The van der Waals surface area contributed by atoms with Crippen LogP contribution in [0.3, 0.4) is 0 Å². The molecule has 0 amide bonds. The average Bonchev–Trinajstić information content (AvgIpc) is 2.63. The Balaban J connectivity index is 2.77. The molecule has 1 rings (SSSR count). The van der Waals surface area contributed by atoms with Gasteiger partial charge in [0.05, 0.1) is 17.9 Å². The first-order chi connectivity index (χ1) is 12.7. The van der Waals surface area contributed by atoms with Crippen molar-refractivity contribution in [3.05, 3.63) is 23.8 Å². The summed E-state index contributed by atoms with van der Waals surface area (Å²) in [4.78, 5) is 47.3. The van der Waals surface area contributed by atoms with Gasteiger partial charge in [-0.25, -0.2) is 9.59 Å². The van der Waals surface area contributed by atoms with Crippen LogP contribution in [-0.4, -0.2) is 48.3 Å². The molecule has 150 valence electrons. The van der Waals surface area contributed by atoms with Crippen LogP contribution in [0.4, 0.5) is 0 Å². The molecule has 0 aromatic carbocycles. The molecule has 0 aliphatic heterocycles. The smallest absolute Gasteiger partial charge is 0.333 e. The van der Waals surface area contributed by atoms with Crippen LogP contribution in [0.2, 0.25) is 0 Å². The first-order valence-corrected chi connectivity index (χ1v) is 8.81. The number of carboxylic acids is 1. The highest BCUT2D eigenvalue weighted by molar-refractivity contribution is 5.91. The predicted octanol–water partition coefficient (Wildman–Crippen LogP) is 2.03. The zero-order chi connectivity index (χ0) is 20.6. The predicted molar refractivity (Wildman–Crippen MR) is 94.5 cm³/mol. The van der Waals surface area contributed by atoms with Crippen molar-refractivity contribution in [1.82, 2.24) is 0 Å². The Morgan fingerprint density at radius 1 is 1.22 bits per heavy atom. The van der Waals surface area contributed by atoms with Crippen molar-refractivity contribution >= 4 is 23.9 Å². The number of rotatable bonds is 9. The second kappa shape index (κ2) is 10.5. The molecular formula is C19H26O8. The molecule has 8 heteroatoms. The Morgan fingerprint density at radius 2 is 1.85 bits per heavy atom. The van der Waals surface area contributed by atoms with Crippen LogP contribution in [-0.2, 0) is 33.4 Å². The Hall–Kier alpha value is -2.64. The van der Waals surface area contributed by atoms with Crippen LogP contribution >= 0.6 is 0 Å². The van der Waals surface area contributed by atoms with E-state index in [0.29, 0.717) is 6.42 Å². The number of ether oxygens (including phenoxy) is 3. The van der Waals surface area contributed by atoms with Gasteiger partial charge in [-0.3, -0.25) is 9.59 Å². The lowest BCUT2D eigenvalue weighted by atomic mass is 9.80. The average molecular weight is 382 g/mol. The molecule has 0 heterocycles. The minimum atomic E-state index is -1.14. The Kier molecular flexibility index (Phi) is 8.71. The highest BCUT2D eigenvalue weighted by Crippen LogP contribution is 2.31. The summed E-state index contributed by atoms with van der Waals surface area (Å²) in [5.41, 5.74) is 0.272. The molecule has 0 spiro atoms. The third kappa shape index (κ3) is 6.88. The van der Waals surface area contributed by atoms with Crippen molar-refractivity contribution in [3.8, 4) is 0 Å². The molecule has 0 aromatic heterocycles. The van der Waals surface area contributed by atoms with Gasteiger partial charge in [0.15, 0.2) is 0 Å². The Bertz CT molecular complexity index is 634. The maximum Gasteiger partial charge on any atom is 0.333 e. The highest BCUT2D eigenvalue weighted by Gasteiger charge is 2.39. The van der Waals surface area contributed by atoms with Crippen LogP contribution in [0.15, 0.2) is 23.8 Å². The van der Waals surface area contributed by atoms with Crippen molar-refractivity contribution in [2.75, 3.05) is 13.2 Å². The van der Waals surface area contributed by atoms with Gasteiger partial charge in [-0.15, -0.1) is 0 Å². The van der Waals surface area contributed by atoms with Crippen LogP contribution in [0, 0.1) is 11.8 Å². The molecule has 0 saturated carbocycles. The largest absolute Gasteiger partial charge is 0.478 e. The Morgan fingerprint density at radius 3 is 2.41 bits per heavy atom. The summed E-state index contributed by atoms with van der Waals surface area (Å²) in [5, 5.41) is 9.17. The summed E-state index contributed by atoms with van der Waals surface area (Å²) in [6, 6.07) is 0. The fourth-order valence-electron chi connectivity index (χ4n) is 2.45. The lowest BCUT2D eigenvalue weighted by Gasteiger charge is -2.27. The molecule has 0 saturated heterocycles.